The number of aliphatic hydroxyl groups is 1. The lowest BCUT2D eigenvalue weighted by molar-refractivity contribution is -0.134. The molecule has 2 N–H and O–H groups in total. The van der Waals surface area contributed by atoms with Crippen molar-refractivity contribution in [1.29, 1.82) is 0 Å². The lowest BCUT2D eigenvalue weighted by Gasteiger charge is -2.29. The highest BCUT2D eigenvalue weighted by atomic mass is 16.5. The van der Waals surface area contributed by atoms with Crippen molar-refractivity contribution in [2.75, 3.05) is 11.9 Å². The topological polar surface area (TPSA) is 96.7 Å². The van der Waals surface area contributed by atoms with E-state index in [0.717, 1.165) is 25.7 Å². The summed E-state index contributed by atoms with van der Waals surface area (Å²) in [4.78, 5) is 27.8. The van der Waals surface area contributed by atoms with Crippen LogP contribution < -0.4 is 5.32 Å². The van der Waals surface area contributed by atoms with Crippen molar-refractivity contribution in [2.45, 2.75) is 95.9 Å². The summed E-state index contributed by atoms with van der Waals surface area (Å²) in [5, 5.41) is 17.3. The fourth-order valence-corrected chi connectivity index (χ4v) is 5.13. The minimum Gasteiger partial charge on any atom is -0.493 e. The van der Waals surface area contributed by atoms with Gasteiger partial charge in [0.05, 0.1) is 24.8 Å². The largest absolute Gasteiger partial charge is 0.493 e. The third kappa shape index (κ3) is 5.91. The molecule has 2 saturated carbocycles. The molecule has 0 radical (unpaired) electrons. The Morgan fingerprint density at radius 1 is 1.25 bits per heavy atom. The van der Waals surface area contributed by atoms with Crippen molar-refractivity contribution in [3.63, 3.8) is 0 Å². The number of hydrogen-bond acceptors (Lipinski definition) is 5. The molecule has 2 fully saturated rings. The predicted octanol–water partition coefficient (Wildman–Crippen LogP) is 3.23. The van der Waals surface area contributed by atoms with Gasteiger partial charge in [0.2, 0.25) is 5.91 Å². The molecular formula is C24H36N4O4. The first-order valence-corrected chi connectivity index (χ1v) is 12.0. The van der Waals surface area contributed by atoms with Crippen LogP contribution in [-0.4, -0.2) is 55.9 Å². The molecule has 4 rings (SSSR count). The van der Waals surface area contributed by atoms with E-state index in [1.807, 2.05) is 0 Å². The molecule has 3 aliphatic rings. The molecule has 2 amide bonds. The second-order valence-electron chi connectivity index (χ2n) is 10.2. The van der Waals surface area contributed by atoms with Crippen LogP contribution in [0, 0.1) is 5.92 Å². The highest BCUT2D eigenvalue weighted by molar-refractivity contribution is 5.99. The third-order valence-electron chi connectivity index (χ3n) is 6.67. The normalized spacial score (nSPS) is 21.3. The number of carbonyl (C=O) groups excluding carboxylic acids is 2. The van der Waals surface area contributed by atoms with E-state index in [-0.39, 0.29) is 17.9 Å². The first-order chi connectivity index (χ1) is 15.3. The molecule has 176 valence electrons. The number of nitrogens with one attached hydrogen (secondary N) is 1. The molecule has 0 saturated heterocycles. The Labute approximate surface area is 190 Å². The zero-order valence-electron chi connectivity index (χ0n) is 19.3. The van der Waals surface area contributed by atoms with Gasteiger partial charge >= 0.3 is 0 Å². The molecule has 0 spiro atoms. The van der Waals surface area contributed by atoms with Crippen molar-refractivity contribution in [1.82, 2.24) is 14.7 Å². The van der Waals surface area contributed by atoms with Gasteiger partial charge < -0.3 is 20.1 Å². The first kappa shape index (κ1) is 22.8. The molecule has 0 bridgehead atoms. The number of ether oxygens (including phenoxy) is 1. The zero-order chi connectivity index (χ0) is 22.7. The fraction of sp³-hybridized carbons (Fsp3) is 0.708. The summed E-state index contributed by atoms with van der Waals surface area (Å²) in [5.41, 5.74) is -0.901. The summed E-state index contributed by atoms with van der Waals surface area (Å²) < 4.78 is 7.68. The van der Waals surface area contributed by atoms with E-state index >= 15 is 0 Å². The molecule has 1 aromatic heterocycles. The number of hydrogen-bond donors (Lipinski definition) is 2. The molecule has 1 atom stereocenters. The number of rotatable bonds is 9. The summed E-state index contributed by atoms with van der Waals surface area (Å²) >= 11 is 0. The zero-order valence-corrected chi connectivity index (χ0v) is 19.3. The predicted molar refractivity (Wildman–Crippen MR) is 121 cm³/mol. The smallest absolute Gasteiger partial charge is 0.251 e. The van der Waals surface area contributed by atoms with Crippen molar-refractivity contribution < 1.29 is 19.4 Å². The van der Waals surface area contributed by atoms with Crippen LogP contribution in [0.15, 0.2) is 24.1 Å². The van der Waals surface area contributed by atoms with Crippen molar-refractivity contribution in [3.8, 4) is 0 Å². The van der Waals surface area contributed by atoms with E-state index in [9.17, 15) is 14.7 Å². The van der Waals surface area contributed by atoms with Gasteiger partial charge in [-0.1, -0.05) is 25.7 Å². The average Bonchev–Trinajstić information content (AvgIpc) is 3.49. The summed E-state index contributed by atoms with van der Waals surface area (Å²) in [7, 11) is 0. The van der Waals surface area contributed by atoms with Gasteiger partial charge in [0.15, 0.2) is 5.82 Å². The Bertz CT molecular complexity index is 844. The van der Waals surface area contributed by atoms with E-state index in [1.54, 1.807) is 41.8 Å². The molecule has 1 aromatic rings. The molecule has 2 aliphatic carbocycles. The Morgan fingerprint density at radius 2 is 1.94 bits per heavy atom. The van der Waals surface area contributed by atoms with Gasteiger partial charge in [0.1, 0.15) is 11.8 Å². The van der Waals surface area contributed by atoms with E-state index in [0.29, 0.717) is 37.0 Å². The minimum absolute atomic E-state index is 0.149. The van der Waals surface area contributed by atoms with Crippen LogP contribution in [0.1, 0.15) is 71.6 Å². The van der Waals surface area contributed by atoms with Gasteiger partial charge in [-0.3, -0.25) is 14.3 Å². The molecule has 8 nitrogen and oxygen atoms in total. The van der Waals surface area contributed by atoms with E-state index in [4.69, 9.17) is 4.74 Å². The quantitative estimate of drug-likeness (QED) is 0.610. The lowest BCUT2D eigenvalue weighted by Crippen LogP contribution is -2.46. The van der Waals surface area contributed by atoms with E-state index < -0.39 is 11.6 Å². The van der Waals surface area contributed by atoms with Gasteiger partial charge in [-0.05, 0) is 51.9 Å². The fourth-order valence-electron chi connectivity index (χ4n) is 5.13. The minimum atomic E-state index is -0.901. The number of aromatic nitrogens is 2. The highest BCUT2D eigenvalue weighted by Gasteiger charge is 2.37. The lowest BCUT2D eigenvalue weighted by atomic mass is 9.96. The number of carbonyl (C=O) groups is 2. The Balaban J connectivity index is 1.43. The molecule has 1 aliphatic heterocycles. The maximum absolute atomic E-state index is 13.3. The molecule has 8 heteroatoms. The second kappa shape index (κ2) is 9.65. The van der Waals surface area contributed by atoms with Crippen molar-refractivity contribution in [3.05, 3.63) is 24.1 Å². The Kier molecular flexibility index (Phi) is 6.88. The Morgan fingerprint density at radius 3 is 2.62 bits per heavy atom. The maximum atomic E-state index is 13.3. The monoisotopic (exact) mass is 444 g/mol. The third-order valence-corrected chi connectivity index (χ3v) is 6.67. The molecular weight excluding hydrogens is 408 g/mol. The van der Waals surface area contributed by atoms with Gasteiger partial charge in [-0.2, -0.15) is 5.10 Å². The van der Waals surface area contributed by atoms with Crippen LogP contribution in [0.3, 0.4) is 0 Å². The second-order valence-corrected chi connectivity index (χ2v) is 10.2. The van der Waals surface area contributed by atoms with Crippen LogP contribution in [0.4, 0.5) is 5.82 Å². The standard InChI is InChI=1S/C24H36N4O4/c1-24(2,31)16-27-12-11-21(26-27)25-23(30)20(13-17-7-3-4-8-17)28-15-19(14-22(28)29)32-18-9-5-6-10-18/h11-12,14,17-18,20,31H,3-10,13,15-16H2,1-2H3,(H,25,26,30). The molecule has 1 unspecified atom stereocenters. The summed E-state index contributed by atoms with van der Waals surface area (Å²) in [5.74, 6) is 1.20. The Hall–Kier alpha value is -2.35. The summed E-state index contributed by atoms with van der Waals surface area (Å²) in [6, 6.07) is 1.17. The number of anilines is 1. The van der Waals surface area contributed by atoms with Gasteiger partial charge in [0, 0.05) is 18.3 Å². The van der Waals surface area contributed by atoms with Gasteiger partial charge in [-0.15, -0.1) is 0 Å². The van der Waals surface area contributed by atoms with Crippen LogP contribution >= 0.6 is 0 Å². The first-order valence-electron chi connectivity index (χ1n) is 12.0. The average molecular weight is 445 g/mol. The van der Waals surface area contributed by atoms with Crippen LogP contribution in [0.25, 0.3) is 0 Å². The van der Waals surface area contributed by atoms with Gasteiger partial charge in [0.25, 0.3) is 5.91 Å². The van der Waals surface area contributed by atoms with E-state index in [2.05, 4.69) is 10.4 Å². The van der Waals surface area contributed by atoms with E-state index in [1.165, 1.54) is 25.7 Å². The number of nitrogens with zero attached hydrogens (tertiary/aromatic N) is 3. The molecule has 0 aromatic carbocycles. The van der Waals surface area contributed by atoms with Crippen LogP contribution in [-0.2, 0) is 20.9 Å². The summed E-state index contributed by atoms with van der Waals surface area (Å²) in [6.45, 7) is 4.10. The van der Waals surface area contributed by atoms with Gasteiger partial charge in [-0.25, -0.2) is 0 Å². The van der Waals surface area contributed by atoms with Crippen LogP contribution in [0.2, 0.25) is 0 Å². The van der Waals surface area contributed by atoms with Crippen molar-refractivity contribution in [2.24, 2.45) is 5.92 Å². The highest BCUT2D eigenvalue weighted by Crippen LogP contribution is 2.32. The molecule has 32 heavy (non-hydrogen) atoms. The van der Waals surface area contributed by atoms with Crippen molar-refractivity contribution >= 4 is 17.6 Å². The SMILES string of the molecule is CC(C)(O)Cn1ccc(NC(=O)C(CC2CCCC2)N2CC(OC3CCCC3)=CC2=O)n1. The summed E-state index contributed by atoms with van der Waals surface area (Å²) in [6.07, 6.45) is 13.1. The number of amides is 2. The molecule has 2 heterocycles. The maximum Gasteiger partial charge on any atom is 0.251 e. The van der Waals surface area contributed by atoms with Crippen LogP contribution in [0.5, 0.6) is 0 Å².